The van der Waals surface area contributed by atoms with Crippen molar-refractivity contribution in [1.29, 1.82) is 5.26 Å². The maximum Gasteiger partial charge on any atom is 0.164 e. The molecule has 4 nitrogen and oxygen atoms in total. The number of aromatic nitrogens is 3. The van der Waals surface area contributed by atoms with Crippen molar-refractivity contribution >= 4 is 0 Å². The quantitative estimate of drug-likeness (QED) is 0.163. The van der Waals surface area contributed by atoms with Crippen LogP contribution in [0.3, 0.4) is 0 Å². The van der Waals surface area contributed by atoms with E-state index in [0.29, 0.717) is 22.2 Å². The second-order valence-corrected chi connectivity index (χ2v) is 19.7. The van der Waals surface area contributed by atoms with Gasteiger partial charge in [0.15, 0.2) is 17.5 Å². The zero-order valence-corrected chi connectivity index (χ0v) is 33.3. The molecule has 0 N–H and O–H groups in total. The van der Waals surface area contributed by atoms with Crippen molar-refractivity contribution in [3.8, 4) is 62.5 Å². The molecule has 1 aromatic heterocycles. The van der Waals surface area contributed by atoms with E-state index in [1.165, 1.54) is 88.2 Å². The number of nitriles is 1. The Morgan fingerprint density at radius 2 is 0.776 bits per heavy atom. The first-order valence-electron chi connectivity index (χ1n) is 22.1. The number of rotatable bonds is 7. The largest absolute Gasteiger partial charge is 0.208 e. The molecule has 8 aliphatic rings. The fourth-order valence-corrected chi connectivity index (χ4v) is 14.2. The van der Waals surface area contributed by atoms with Crippen LogP contribution in [-0.4, -0.2) is 15.0 Å². The van der Waals surface area contributed by atoms with Crippen molar-refractivity contribution in [2.75, 3.05) is 0 Å². The van der Waals surface area contributed by atoms with Crippen LogP contribution in [0.5, 0.6) is 0 Å². The molecule has 0 unspecified atom stereocenters. The smallest absolute Gasteiger partial charge is 0.164 e. The average Bonchev–Trinajstić information content (AvgIpc) is 3.26. The van der Waals surface area contributed by atoms with Crippen LogP contribution < -0.4 is 0 Å². The highest BCUT2D eigenvalue weighted by Crippen LogP contribution is 2.62. The van der Waals surface area contributed by atoms with Gasteiger partial charge in [-0.15, -0.1) is 0 Å². The minimum atomic E-state index is 0.353. The Morgan fingerprint density at radius 3 is 1.21 bits per heavy atom. The maximum atomic E-state index is 9.47. The maximum absolute atomic E-state index is 9.47. The van der Waals surface area contributed by atoms with Crippen LogP contribution in [0.1, 0.15) is 93.7 Å². The molecule has 14 rings (SSSR count). The monoisotopic (exact) mass is 754 g/mol. The molecular formula is C54H50N4. The molecule has 58 heavy (non-hydrogen) atoms. The van der Waals surface area contributed by atoms with Gasteiger partial charge in [-0.1, -0.05) is 103 Å². The van der Waals surface area contributed by atoms with Crippen LogP contribution >= 0.6 is 0 Å². The van der Waals surface area contributed by atoms with E-state index >= 15 is 0 Å². The summed E-state index contributed by atoms with van der Waals surface area (Å²) in [4.78, 5) is 15.8. The van der Waals surface area contributed by atoms with Crippen molar-refractivity contribution in [3.05, 3.63) is 138 Å². The van der Waals surface area contributed by atoms with Gasteiger partial charge in [-0.05, 0) is 175 Å². The summed E-state index contributed by atoms with van der Waals surface area (Å²) in [6.07, 6.45) is 16.9. The first-order valence-corrected chi connectivity index (χ1v) is 22.1. The summed E-state index contributed by atoms with van der Waals surface area (Å²) < 4.78 is 0. The van der Waals surface area contributed by atoms with E-state index in [1.54, 1.807) is 0 Å². The van der Waals surface area contributed by atoms with Gasteiger partial charge in [0.25, 0.3) is 0 Å². The van der Waals surface area contributed by atoms with Crippen LogP contribution in [0.15, 0.2) is 121 Å². The molecule has 5 aromatic carbocycles. The second-order valence-electron chi connectivity index (χ2n) is 19.7. The zero-order valence-electron chi connectivity index (χ0n) is 33.3. The van der Waals surface area contributed by atoms with E-state index in [4.69, 9.17) is 15.0 Å². The number of hydrogen-bond donors (Lipinski definition) is 0. The third kappa shape index (κ3) is 5.87. The highest BCUT2D eigenvalue weighted by atomic mass is 15.0. The summed E-state index contributed by atoms with van der Waals surface area (Å²) in [6.45, 7) is 0. The molecule has 8 fully saturated rings. The first kappa shape index (κ1) is 34.6. The minimum absolute atomic E-state index is 0.353. The zero-order chi connectivity index (χ0) is 38.4. The van der Waals surface area contributed by atoms with E-state index < -0.39 is 0 Å². The lowest BCUT2D eigenvalue weighted by molar-refractivity contribution is -0.00530. The molecule has 8 saturated carbocycles. The van der Waals surface area contributed by atoms with Gasteiger partial charge in [0.2, 0.25) is 0 Å². The molecule has 0 spiro atoms. The van der Waals surface area contributed by atoms with Crippen molar-refractivity contribution in [1.82, 2.24) is 15.0 Å². The molecule has 0 aliphatic heterocycles. The number of hydrogen-bond acceptors (Lipinski definition) is 4. The predicted molar refractivity (Wildman–Crippen MR) is 231 cm³/mol. The fourth-order valence-electron chi connectivity index (χ4n) is 14.2. The summed E-state index contributed by atoms with van der Waals surface area (Å²) in [5, 5.41) is 9.47. The fraction of sp³-hybridized carbons (Fsp3) is 0.370. The molecule has 6 aromatic rings. The Labute approximate surface area is 342 Å². The van der Waals surface area contributed by atoms with Crippen molar-refractivity contribution < 1.29 is 0 Å². The molecule has 1 heterocycles. The lowest BCUT2D eigenvalue weighted by Crippen LogP contribution is -2.48. The van der Waals surface area contributed by atoms with Crippen LogP contribution in [0.25, 0.3) is 56.4 Å². The van der Waals surface area contributed by atoms with Crippen molar-refractivity contribution in [2.45, 2.75) is 87.9 Å². The third-order valence-electron chi connectivity index (χ3n) is 15.9. The minimum Gasteiger partial charge on any atom is -0.208 e. The van der Waals surface area contributed by atoms with Gasteiger partial charge in [-0.25, -0.2) is 15.0 Å². The highest BCUT2D eigenvalue weighted by Gasteiger charge is 2.52. The van der Waals surface area contributed by atoms with Crippen molar-refractivity contribution in [2.24, 2.45) is 35.5 Å². The molecular weight excluding hydrogens is 705 g/mol. The topological polar surface area (TPSA) is 62.5 Å². The molecule has 0 amide bonds. The van der Waals surface area contributed by atoms with Crippen LogP contribution in [-0.2, 0) is 10.8 Å². The van der Waals surface area contributed by atoms with Crippen molar-refractivity contribution in [3.63, 3.8) is 0 Å². The summed E-state index contributed by atoms with van der Waals surface area (Å²) in [7, 11) is 0. The van der Waals surface area contributed by atoms with E-state index in [1.807, 2.05) is 24.3 Å². The van der Waals surface area contributed by atoms with Gasteiger partial charge in [-0.2, -0.15) is 5.26 Å². The lowest BCUT2D eigenvalue weighted by atomic mass is 9.48. The Kier molecular flexibility index (Phi) is 7.95. The average molecular weight is 755 g/mol. The summed E-state index contributed by atoms with van der Waals surface area (Å²) >= 11 is 0. The third-order valence-corrected chi connectivity index (χ3v) is 15.9. The lowest BCUT2D eigenvalue weighted by Gasteiger charge is -2.57. The van der Waals surface area contributed by atoms with Gasteiger partial charge in [0, 0.05) is 16.7 Å². The Balaban J connectivity index is 0.951. The Hall–Kier alpha value is -5.40. The van der Waals surface area contributed by atoms with Gasteiger partial charge in [0.05, 0.1) is 11.6 Å². The van der Waals surface area contributed by atoms with E-state index in [2.05, 4.69) is 103 Å². The van der Waals surface area contributed by atoms with Crippen LogP contribution in [0, 0.1) is 46.8 Å². The Morgan fingerprint density at radius 1 is 0.397 bits per heavy atom. The van der Waals surface area contributed by atoms with Crippen LogP contribution in [0.2, 0.25) is 0 Å². The van der Waals surface area contributed by atoms with Gasteiger partial charge < -0.3 is 0 Å². The molecule has 4 heteroatoms. The van der Waals surface area contributed by atoms with Crippen LogP contribution in [0.4, 0.5) is 0 Å². The standard InChI is InChI=1S/C54H50N4/c55-33-34-6-8-42(9-7-34)48-19-14-45(26-49(48)41-4-2-1-3-5-41)52-57-50(43-10-15-46(16-11-43)53-27-35-20-36(28-53)22-37(21-35)29-53)56-51(58-52)44-12-17-47(18-13-44)54-30-38-23-39(31-54)25-40(24-38)32-54/h1-19,26,35-40H,20-25,27-32H2. The highest BCUT2D eigenvalue weighted by molar-refractivity contribution is 5.86. The molecule has 8 bridgehead atoms. The molecule has 0 saturated heterocycles. The van der Waals surface area contributed by atoms with Gasteiger partial charge >= 0.3 is 0 Å². The SMILES string of the molecule is N#Cc1ccc(-c2ccc(-c3nc(-c4ccc(C56CC7CC(CC(C7)C5)C6)cc4)nc(-c4ccc(C56CC7CC(CC(C7)C5)C6)cc4)n3)cc2-c2ccccc2)cc1. The Bertz CT molecular complexity index is 2390. The van der Waals surface area contributed by atoms with E-state index in [0.717, 1.165) is 86.1 Å². The summed E-state index contributed by atoms with van der Waals surface area (Å²) in [5.41, 5.74) is 11.9. The predicted octanol–water partition coefficient (Wildman–Crippen LogP) is 13.0. The molecule has 286 valence electrons. The first-order chi connectivity index (χ1) is 28.5. The molecule has 8 aliphatic carbocycles. The normalized spacial score (nSPS) is 30.1. The van der Waals surface area contributed by atoms with Gasteiger partial charge in [0.1, 0.15) is 0 Å². The number of nitrogens with zero attached hydrogens (tertiary/aromatic N) is 4. The summed E-state index contributed by atoms with van der Waals surface area (Å²) in [5.74, 6) is 7.61. The molecule has 0 atom stereocenters. The molecule has 0 radical (unpaired) electrons. The summed E-state index contributed by atoms with van der Waals surface area (Å²) in [6, 6.07) is 46.0. The number of benzene rings is 5. The second kappa shape index (κ2) is 13.3. The van der Waals surface area contributed by atoms with E-state index in [9.17, 15) is 5.26 Å². The van der Waals surface area contributed by atoms with Gasteiger partial charge in [-0.3, -0.25) is 0 Å². The van der Waals surface area contributed by atoms with E-state index in [-0.39, 0.29) is 0 Å².